The minimum Gasteiger partial charge on any atom is -0.329 e. The standard InChI is InChI=1S/C10H10N6O/c11-2-4-15-3-1-8-7(9(15)17)5-12-10-13-6-14-16(8)10/h1,3,5-6H,2,4,11H2. The van der Waals surface area contributed by atoms with Crippen LogP contribution in [0.15, 0.2) is 29.6 Å². The van der Waals surface area contributed by atoms with E-state index in [1.54, 1.807) is 15.3 Å². The molecule has 3 aromatic heterocycles. The SMILES string of the molecule is NCCn1ccc2c(cnc3ncnn32)c1=O. The smallest absolute Gasteiger partial charge is 0.261 e. The molecule has 3 aromatic rings. The lowest BCUT2D eigenvalue weighted by atomic mass is 10.3. The summed E-state index contributed by atoms with van der Waals surface area (Å²) in [5.41, 5.74) is 6.03. The fourth-order valence-corrected chi connectivity index (χ4v) is 1.82. The van der Waals surface area contributed by atoms with Gasteiger partial charge in [-0.2, -0.15) is 14.6 Å². The van der Waals surface area contributed by atoms with E-state index in [9.17, 15) is 4.79 Å². The van der Waals surface area contributed by atoms with E-state index in [4.69, 9.17) is 5.73 Å². The van der Waals surface area contributed by atoms with Gasteiger partial charge in [-0.15, -0.1) is 0 Å². The topological polar surface area (TPSA) is 91.1 Å². The summed E-state index contributed by atoms with van der Waals surface area (Å²) in [6.45, 7) is 0.911. The molecule has 7 nitrogen and oxygen atoms in total. The molecule has 0 unspecified atom stereocenters. The van der Waals surface area contributed by atoms with Crippen LogP contribution < -0.4 is 11.3 Å². The molecule has 0 aromatic carbocycles. The summed E-state index contributed by atoms with van der Waals surface area (Å²) < 4.78 is 3.11. The van der Waals surface area contributed by atoms with Crippen LogP contribution in [0.3, 0.4) is 0 Å². The average Bonchev–Trinajstić information content (AvgIpc) is 2.81. The van der Waals surface area contributed by atoms with E-state index in [2.05, 4.69) is 15.1 Å². The predicted molar refractivity (Wildman–Crippen MR) is 61.6 cm³/mol. The van der Waals surface area contributed by atoms with E-state index in [1.807, 2.05) is 6.07 Å². The van der Waals surface area contributed by atoms with Crippen LogP contribution in [0, 0.1) is 0 Å². The van der Waals surface area contributed by atoms with Crippen molar-refractivity contribution in [2.75, 3.05) is 6.54 Å². The Morgan fingerprint density at radius 3 is 3.06 bits per heavy atom. The molecule has 3 heterocycles. The molecule has 0 aliphatic rings. The maximum atomic E-state index is 12.1. The molecule has 0 saturated heterocycles. The number of hydrogen-bond donors (Lipinski definition) is 1. The number of fused-ring (bicyclic) bond motifs is 3. The molecule has 0 aliphatic carbocycles. The van der Waals surface area contributed by atoms with Crippen LogP contribution >= 0.6 is 0 Å². The third-order valence-corrected chi connectivity index (χ3v) is 2.62. The summed E-state index contributed by atoms with van der Waals surface area (Å²) in [7, 11) is 0. The first kappa shape index (κ1) is 9.91. The average molecular weight is 230 g/mol. The lowest BCUT2D eigenvalue weighted by Crippen LogP contribution is -2.24. The summed E-state index contributed by atoms with van der Waals surface area (Å²) in [6.07, 6.45) is 4.64. The van der Waals surface area contributed by atoms with Gasteiger partial charge in [0.2, 0.25) is 0 Å². The molecule has 3 rings (SSSR count). The van der Waals surface area contributed by atoms with Gasteiger partial charge in [0.25, 0.3) is 11.3 Å². The molecule has 0 atom stereocenters. The Balaban J connectivity index is 2.40. The maximum absolute atomic E-state index is 12.1. The third kappa shape index (κ3) is 1.40. The minimum absolute atomic E-state index is 0.113. The van der Waals surface area contributed by atoms with Crippen molar-refractivity contribution in [2.24, 2.45) is 5.73 Å². The summed E-state index contributed by atoms with van der Waals surface area (Å²) in [4.78, 5) is 20.1. The Labute approximate surface area is 95.5 Å². The van der Waals surface area contributed by atoms with E-state index >= 15 is 0 Å². The predicted octanol–water partition coefficient (Wildman–Crippen LogP) is -0.602. The molecule has 0 fully saturated rings. The monoisotopic (exact) mass is 230 g/mol. The highest BCUT2D eigenvalue weighted by molar-refractivity contribution is 5.78. The second kappa shape index (κ2) is 3.63. The van der Waals surface area contributed by atoms with E-state index in [0.29, 0.717) is 29.8 Å². The molecule has 0 aliphatic heterocycles. The van der Waals surface area contributed by atoms with Crippen LogP contribution in [-0.4, -0.2) is 30.7 Å². The van der Waals surface area contributed by atoms with Crippen molar-refractivity contribution < 1.29 is 0 Å². The second-order valence-corrected chi connectivity index (χ2v) is 3.63. The number of aromatic nitrogens is 5. The normalized spacial score (nSPS) is 11.4. The number of rotatable bonds is 2. The van der Waals surface area contributed by atoms with Crippen LogP contribution in [0.4, 0.5) is 0 Å². The van der Waals surface area contributed by atoms with Gasteiger partial charge in [0.05, 0.1) is 10.9 Å². The quantitative estimate of drug-likeness (QED) is 0.634. The highest BCUT2D eigenvalue weighted by Crippen LogP contribution is 2.08. The van der Waals surface area contributed by atoms with Crippen LogP contribution in [0.2, 0.25) is 0 Å². The second-order valence-electron chi connectivity index (χ2n) is 3.63. The van der Waals surface area contributed by atoms with Crippen LogP contribution in [0.25, 0.3) is 16.7 Å². The Morgan fingerprint density at radius 1 is 1.35 bits per heavy atom. The molecule has 17 heavy (non-hydrogen) atoms. The molecule has 7 heteroatoms. The number of nitrogens with two attached hydrogens (primary N) is 1. The van der Waals surface area contributed by atoms with Crippen molar-refractivity contribution in [3.8, 4) is 0 Å². The summed E-state index contributed by atoms with van der Waals surface area (Å²) in [5, 5.41) is 4.55. The molecule has 0 amide bonds. The fourth-order valence-electron chi connectivity index (χ4n) is 1.82. The van der Waals surface area contributed by atoms with Gasteiger partial charge in [-0.3, -0.25) is 4.79 Å². The number of hydrogen-bond acceptors (Lipinski definition) is 5. The zero-order valence-corrected chi connectivity index (χ0v) is 8.95. The summed E-state index contributed by atoms with van der Waals surface area (Å²) in [6, 6.07) is 1.82. The van der Waals surface area contributed by atoms with Gasteiger partial charge in [-0.1, -0.05) is 0 Å². The lowest BCUT2D eigenvalue weighted by molar-refractivity contribution is 0.685. The van der Waals surface area contributed by atoms with Crippen LogP contribution in [0.5, 0.6) is 0 Å². The molecular formula is C10H10N6O. The van der Waals surface area contributed by atoms with Gasteiger partial charge in [-0.25, -0.2) is 4.98 Å². The Hall–Kier alpha value is -2.28. The first-order valence-electron chi connectivity index (χ1n) is 5.19. The molecule has 0 radical (unpaired) electrons. The van der Waals surface area contributed by atoms with Crippen molar-refractivity contribution in [3.05, 3.63) is 35.1 Å². The lowest BCUT2D eigenvalue weighted by Gasteiger charge is -2.05. The van der Waals surface area contributed by atoms with E-state index in [1.165, 1.54) is 12.5 Å². The van der Waals surface area contributed by atoms with Gasteiger partial charge in [0.15, 0.2) is 0 Å². The first-order valence-corrected chi connectivity index (χ1v) is 5.19. The number of pyridine rings is 1. The van der Waals surface area contributed by atoms with Crippen molar-refractivity contribution in [3.63, 3.8) is 0 Å². The first-order chi connectivity index (χ1) is 8.31. The van der Waals surface area contributed by atoms with E-state index in [0.717, 1.165) is 0 Å². The molecule has 0 spiro atoms. The summed E-state index contributed by atoms with van der Waals surface area (Å²) in [5.74, 6) is 0.480. The van der Waals surface area contributed by atoms with Crippen LogP contribution in [0.1, 0.15) is 0 Å². The van der Waals surface area contributed by atoms with E-state index < -0.39 is 0 Å². The largest absolute Gasteiger partial charge is 0.329 e. The van der Waals surface area contributed by atoms with Gasteiger partial charge < -0.3 is 10.3 Å². The Bertz CT molecular complexity index is 743. The van der Waals surface area contributed by atoms with Crippen molar-refractivity contribution in [1.29, 1.82) is 0 Å². The highest BCUT2D eigenvalue weighted by atomic mass is 16.1. The van der Waals surface area contributed by atoms with Gasteiger partial charge in [0, 0.05) is 25.5 Å². The zero-order valence-electron chi connectivity index (χ0n) is 8.95. The number of nitrogens with zero attached hydrogens (tertiary/aromatic N) is 5. The van der Waals surface area contributed by atoms with Gasteiger partial charge >= 0.3 is 0 Å². The van der Waals surface area contributed by atoms with Crippen LogP contribution in [-0.2, 0) is 6.54 Å². The summed E-state index contributed by atoms with van der Waals surface area (Å²) >= 11 is 0. The van der Waals surface area contributed by atoms with Crippen molar-refractivity contribution in [1.82, 2.24) is 24.1 Å². The van der Waals surface area contributed by atoms with E-state index in [-0.39, 0.29) is 5.56 Å². The fraction of sp³-hybridized carbons (Fsp3) is 0.200. The maximum Gasteiger partial charge on any atom is 0.261 e. The van der Waals surface area contributed by atoms with Crippen molar-refractivity contribution >= 4 is 16.7 Å². The molecular weight excluding hydrogens is 220 g/mol. The molecule has 0 bridgehead atoms. The minimum atomic E-state index is -0.113. The van der Waals surface area contributed by atoms with Gasteiger partial charge in [-0.05, 0) is 6.07 Å². The van der Waals surface area contributed by atoms with Crippen molar-refractivity contribution in [2.45, 2.75) is 6.54 Å². The molecule has 2 N–H and O–H groups in total. The Morgan fingerprint density at radius 2 is 2.24 bits per heavy atom. The van der Waals surface area contributed by atoms with Gasteiger partial charge in [0.1, 0.15) is 6.33 Å². The zero-order chi connectivity index (χ0) is 11.8. The highest BCUT2D eigenvalue weighted by Gasteiger charge is 2.07. The molecule has 86 valence electrons. The molecule has 0 saturated carbocycles. The third-order valence-electron chi connectivity index (χ3n) is 2.62. The Kier molecular flexibility index (Phi) is 2.12.